The number of nitrogens with two attached hydrogens (primary N) is 1. The lowest BCUT2D eigenvalue weighted by Crippen LogP contribution is -2.44. The molecule has 0 aromatic carbocycles. The first-order valence-corrected chi connectivity index (χ1v) is 8.79. The number of carbonyl (C=O) groups excluding carboxylic acids is 1. The molecule has 3 heterocycles. The fourth-order valence-corrected chi connectivity index (χ4v) is 3.23. The van der Waals surface area contributed by atoms with Crippen LogP contribution in [0.2, 0.25) is 0 Å². The second kappa shape index (κ2) is 6.43. The number of carbonyl (C=O) groups is 1. The summed E-state index contributed by atoms with van der Waals surface area (Å²) < 4.78 is 11.3. The second-order valence-electron chi connectivity index (χ2n) is 6.81. The first-order chi connectivity index (χ1) is 11.3. The number of hydrogen-bond donors (Lipinski definition) is 1. The Bertz CT molecular complexity index is 732. The molecule has 0 radical (unpaired) electrons. The van der Waals surface area contributed by atoms with Crippen molar-refractivity contribution in [3.8, 4) is 5.88 Å². The van der Waals surface area contributed by atoms with Gasteiger partial charge in [-0.15, -0.1) is 0 Å². The molecule has 130 valence electrons. The van der Waals surface area contributed by atoms with E-state index in [0.29, 0.717) is 24.1 Å². The van der Waals surface area contributed by atoms with E-state index in [1.54, 1.807) is 4.90 Å². The van der Waals surface area contributed by atoms with E-state index in [4.69, 9.17) is 15.2 Å². The number of nitrogen functional groups attached to an aromatic ring is 1. The van der Waals surface area contributed by atoms with E-state index < -0.39 is 5.60 Å². The Kier molecular flexibility index (Phi) is 4.49. The molecule has 7 nitrogen and oxygen atoms in total. The van der Waals surface area contributed by atoms with Crippen LogP contribution in [0.25, 0.3) is 10.3 Å². The Morgan fingerprint density at radius 2 is 2.00 bits per heavy atom. The Labute approximate surface area is 144 Å². The molecule has 0 bridgehead atoms. The van der Waals surface area contributed by atoms with Crippen molar-refractivity contribution >= 4 is 32.9 Å². The van der Waals surface area contributed by atoms with E-state index in [0.717, 1.165) is 23.2 Å². The number of hydrogen-bond acceptors (Lipinski definition) is 7. The molecule has 24 heavy (non-hydrogen) atoms. The summed E-state index contributed by atoms with van der Waals surface area (Å²) in [6.07, 6.45) is 1.28. The third-order valence-electron chi connectivity index (χ3n) is 3.63. The SMILES string of the molecule is CC(C)(C)OC(=O)N1CCC(Oc2ccc3nc(N)sc3n2)CC1. The van der Waals surface area contributed by atoms with Gasteiger partial charge in [0, 0.05) is 32.0 Å². The Morgan fingerprint density at radius 3 is 2.67 bits per heavy atom. The minimum atomic E-state index is -0.472. The first kappa shape index (κ1) is 16.8. The predicted molar refractivity (Wildman–Crippen MR) is 93.3 cm³/mol. The largest absolute Gasteiger partial charge is 0.474 e. The van der Waals surface area contributed by atoms with Crippen molar-refractivity contribution in [2.45, 2.75) is 45.3 Å². The topological polar surface area (TPSA) is 90.6 Å². The highest BCUT2D eigenvalue weighted by molar-refractivity contribution is 7.21. The van der Waals surface area contributed by atoms with Gasteiger partial charge in [0.25, 0.3) is 0 Å². The summed E-state index contributed by atoms with van der Waals surface area (Å²) in [5.74, 6) is 0.571. The van der Waals surface area contributed by atoms with Crippen LogP contribution in [-0.2, 0) is 4.74 Å². The molecule has 1 fully saturated rings. The molecule has 2 N–H and O–H groups in total. The van der Waals surface area contributed by atoms with Crippen LogP contribution in [0.3, 0.4) is 0 Å². The smallest absolute Gasteiger partial charge is 0.410 e. The molecule has 1 aliphatic rings. The Morgan fingerprint density at radius 1 is 1.29 bits per heavy atom. The van der Waals surface area contributed by atoms with Crippen LogP contribution >= 0.6 is 11.3 Å². The lowest BCUT2D eigenvalue weighted by atomic mass is 10.1. The third-order valence-corrected chi connectivity index (χ3v) is 4.42. The first-order valence-electron chi connectivity index (χ1n) is 7.98. The Hall–Kier alpha value is -2.09. The molecule has 0 saturated carbocycles. The molecule has 3 rings (SSSR count). The van der Waals surface area contributed by atoms with Crippen molar-refractivity contribution in [1.82, 2.24) is 14.9 Å². The van der Waals surface area contributed by atoms with Gasteiger partial charge in [0.1, 0.15) is 22.1 Å². The van der Waals surface area contributed by atoms with Gasteiger partial charge in [-0.2, -0.15) is 0 Å². The van der Waals surface area contributed by atoms with E-state index in [-0.39, 0.29) is 12.2 Å². The number of amides is 1. The van der Waals surface area contributed by atoms with Gasteiger partial charge in [-0.25, -0.2) is 14.8 Å². The van der Waals surface area contributed by atoms with E-state index >= 15 is 0 Å². The van der Waals surface area contributed by atoms with Crippen LogP contribution in [0.15, 0.2) is 12.1 Å². The number of piperidine rings is 1. The van der Waals surface area contributed by atoms with Gasteiger partial charge in [0.2, 0.25) is 5.88 Å². The molecule has 1 saturated heterocycles. The highest BCUT2D eigenvalue weighted by Gasteiger charge is 2.27. The molecule has 1 amide bonds. The molecule has 1 aliphatic heterocycles. The van der Waals surface area contributed by atoms with Gasteiger partial charge in [0.15, 0.2) is 5.13 Å². The molecule has 0 atom stereocenters. The highest BCUT2D eigenvalue weighted by atomic mass is 32.1. The molecular weight excluding hydrogens is 328 g/mol. The number of nitrogens with zero attached hydrogens (tertiary/aromatic N) is 3. The van der Waals surface area contributed by atoms with Crippen LogP contribution in [0.4, 0.5) is 9.93 Å². The standard InChI is InChI=1S/C16H22N4O3S/c1-16(2,3)23-15(21)20-8-6-10(7-9-20)22-12-5-4-11-13(19-12)24-14(17)18-11/h4-5,10H,6-9H2,1-3H3,(H2,17,18). The lowest BCUT2D eigenvalue weighted by Gasteiger charge is -2.33. The van der Waals surface area contributed by atoms with Crippen LogP contribution in [-0.4, -0.2) is 45.8 Å². The minimum absolute atomic E-state index is 0.0407. The average molecular weight is 350 g/mol. The number of rotatable bonds is 2. The second-order valence-corrected chi connectivity index (χ2v) is 7.82. The average Bonchev–Trinajstić information content (AvgIpc) is 2.85. The van der Waals surface area contributed by atoms with E-state index in [2.05, 4.69) is 9.97 Å². The lowest BCUT2D eigenvalue weighted by molar-refractivity contribution is 0.0123. The number of pyridine rings is 1. The van der Waals surface area contributed by atoms with Crippen molar-refractivity contribution in [3.05, 3.63) is 12.1 Å². The van der Waals surface area contributed by atoms with Crippen molar-refractivity contribution < 1.29 is 14.3 Å². The summed E-state index contributed by atoms with van der Waals surface area (Å²) in [6.45, 7) is 6.85. The van der Waals surface area contributed by atoms with Crippen LogP contribution in [0, 0.1) is 0 Å². The van der Waals surface area contributed by atoms with Gasteiger partial charge in [-0.05, 0) is 26.8 Å². The maximum absolute atomic E-state index is 12.1. The predicted octanol–water partition coefficient (Wildman–Crippen LogP) is 3.05. The van der Waals surface area contributed by atoms with E-state index in [1.165, 1.54) is 11.3 Å². The monoisotopic (exact) mass is 350 g/mol. The number of ether oxygens (including phenoxy) is 2. The van der Waals surface area contributed by atoms with Crippen molar-refractivity contribution in [2.75, 3.05) is 18.8 Å². The van der Waals surface area contributed by atoms with Crippen LogP contribution < -0.4 is 10.5 Å². The summed E-state index contributed by atoms with van der Waals surface area (Å²) in [4.78, 5) is 23.2. The summed E-state index contributed by atoms with van der Waals surface area (Å²) in [6, 6.07) is 3.67. The van der Waals surface area contributed by atoms with Gasteiger partial charge in [-0.3, -0.25) is 0 Å². The zero-order chi connectivity index (χ0) is 17.3. The summed E-state index contributed by atoms with van der Waals surface area (Å²) in [5.41, 5.74) is 6.00. The van der Waals surface area contributed by atoms with Crippen LogP contribution in [0.5, 0.6) is 5.88 Å². The van der Waals surface area contributed by atoms with Crippen LogP contribution in [0.1, 0.15) is 33.6 Å². The van der Waals surface area contributed by atoms with Gasteiger partial charge < -0.3 is 20.1 Å². The summed E-state index contributed by atoms with van der Waals surface area (Å²) in [5, 5.41) is 0.500. The summed E-state index contributed by atoms with van der Waals surface area (Å²) in [7, 11) is 0. The molecule has 2 aromatic rings. The van der Waals surface area contributed by atoms with Crippen molar-refractivity contribution in [2.24, 2.45) is 0 Å². The zero-order valence-corrected chi connectivity index (χ0v) is 14.9. The molecule has 2 aromatic heterocycles. The van der Waals surface area contributed by atoms with E-state index in [9.17, 15) is 4.79 Å². The number of thiazole rings is 1. The van der Waals surface area contributed by atoms with Crippen molar-refractivity contribution in [3.63, 3.8) is 0 Å². The normalized spacial score (nSPS) is 16.4. The molecule has 8 heteroatoms. The number of anilines is 1. The van der Waals surface area contributed by atoms with Gasteiger partial charge >= 0.3 is 6.09 Å². The molecular formula is C16H22N4O3S. The van der Waals surface area contributed by atoms with Crippen molar-refractivity contribution in [1.29, 1.82) is 0 Å². The molecule has 0 aliphatic carbocycles. The highest BCUT2D eigenvalue weighted by Crippen LogP contribution is 2.26. The van der Waals surface area contributed by atoms with Gasteiger partial charge in [0.05, 0.1) is 0 Å². The maximum Gasteiger partial charge on any atom is 0.410 e. The maximum atomic E-state index is 12.1. The molecule has 0 spiro atoms. The number of aromatic nitrogens is 2. The zero-order valence-electron chi connectivity index (χ0n) is 14.1. The number of likely N-dealkylation sites (tertiary alicyclic amines) is 1. The third kappa shape index (κ3) is 4.05. The minimum Gasteiger partial charge on any atom is -0.474 e. The van der Waals surface area contributed by atoms with E-state index in [1.807, 2.05) is 32.9 Å². The fourth-order valence-electron chi connectivity index (χ4n) is 2.54. The van der Waals surface area contributed by atoms with Gasteiger partial charge in [-0.1, -0.05) is 11.3 Å². The quantitative estimate of drug-likeness (QED) is 0.895. The fraction of sp³-hybridized carbons (Fsp3) is 0.562. The number of fused-ring (bicyclic) bond motifs is 1. The molecule has 0 unspecified atom stereocenters. The summed E-state index contributed by atoms with van der Waals surface area (Å²) >= 11 is 1.34. The Balaban J connectivity index is 1.55.